The Balaban J connectivity index is 1.52. The molecular weight excluding hydrogens is 672 g/mol. The van der Waals surface area contributed by atoms with Crippen molar-refractivity contribution in [3.8, 4) is 5.75 Å². The number of hydrogen-bond donors (Lipinski definition) is 2. The lowest BCUT2D eigenvalue weighted by Gasteiger charge is -2.07. The van der Waals surface area contributed by atoms with Gasteiger partial charge in [-0.25, -0.2) is 5.43 Å². The molecule has 0 spiro atoms. The highest BCUT2D eigenvalue weighted by molar-refractivity contribution is 14.1. The lowest BCUT2D eigenvalue weighted by molar-refractivity contribution is -0.121. The van der Waals surface area contributed by atoms with Crippen LogP contribution in [0.2, 0.25) is 0 Å². The zero-order chi connectivity index (χ0) is 21.3. The molecule has 0 aliphatic rings. The van der Waals surface area contributed by atoms with E-state index in [1.807, 2.05) is 0 Å². The Morgan fingerprint density at radius 2 is 1.67 bits per heavy atom. The molecule has 152 valence electrons. The molecule has 0 atom stereocenters. The van der Waals surface area contributed by atoms with Crippen molar-refractivity contribution in [3.05, 3.63) is 71.8 Å². The van der Waals surface area contributed by atoms with Crippen LogP contribution in [-0.2, 0) is 11.3 Å². The van der Waals surface area contributed by atoms with Gasteiger partial charge in [0.1, 0.15) is 5.75 Å². The van der Waals surface area contributed by atoms with Gasteiger partial charge >= 0.3 is 0 Å². The Bertz CT molecular complexity index is 1240. The number of aromatic hydroxyl groups is 1. The molecule has 0 aliphatic carbocycles. The van der Waals surface area contributed by atoms with E-state index in [4.69, 9.17) is 0 Å². The number of hydrogen-bond acceptors (Lipinski definition) is 3. The van der Waals surface area contributed by atoms with Crippen molar-refractivity contribution in [3.63, 3.8) is 0 Å². The number of hydrazone groups is 1. The lowest BCUT2D eigenvalue weighted by atomic mass is 10.2. The number of benzene rings is 3. The minimum absolute atomic E-state index is 0.103. The summed E-state index contributed by atoms with van der Waals surface area (Å²) >= 11 is 7.99. The van der Waals surface area contributed by atoms with Crippen LogP contribution in [0.3, 0.4) is 0 Å². The Hall–Kier alpha value is -1.66. The molecular formula is C22H16BrI2N3O2. The summed E-state index contributed by atoms with van der Waals surface area (Å²) < 4.78 is 5.37. The van der Waals surface area contributed by atoms with E-state index in [1.165, 1.54) is 24.1 Å². The van der Waals surface area contributed by atoms with Gasteiger partial charge in [-0.1, -0.05) is 15.9 Å². The second kappa shape index (κ2) is 9.23. The van der Waals surface area contributed by atoms with Crippen LogP contribution in [-0.4, -0.2) is 21.8 Å². The van der Waals surface area contributed by atoms with Gasteiger partial charge in [-0.15, -0.1) is 0 Å². The van der Waals surface area contributed by atoms with Crippen molar-refractivity contribution in [2.75, 3.05) is 0 Å². The van der Waals surface area contributed by atoms with Crippen molar-refractivity contribution < 1.29 is 9.90 Å². The lowest BCUT2D eigenvalue weighted by Crippen LogP contribution is -2.19. The number of carbonyl (C=O) groups is 1. The predicted molar refractivity (Wildman–Crippen MR) is 141 cm³/mol. The number of nitrogens with one attached hydrogen (secondary N) is 1. The number of phenols is 1. The second-order valence-electron chi connectivity index (χ2n) is 6.72. The monoisotopic (exact) mass is 687 g/mol. The Kier molecular flexibility index (Phi) is 6.63. The molecule has 1 amide bonds. The topological polar surface area (TPSA) is 66.6 Å². The summed E-state index contributed by atoms with van der Waals surface area (Å²) in [6.07, 6.45) is 1.72. The zero-order valence-electron chi connectivity index (χ0n) is 15.6. The largest absolute Gasteiger partial charge is 0.507 e. The van der Waals surface area contributed by atoms with Gasteiger partial charge < -0.3 is 9.67 Å². The van der Waals surface area contributed by atoms with Crippen molar-refractivity contribution in [2.45, 2.75) is 13.0 Å². The van der Waals surface area contributed by atoms with Crippen molar-refractivity contribution in [2.24, 2.45) is 5.10 Å². The number of carbonyl (C=O) groups excluding carboxylic acids is 1. The van der Waals surface area contributed by atoms with Gasteiger partial charge in [-0.3, -0.25) is 4.79 Å². The molecule has 3 aromatic carbocycles. The molecule has 2 N–H and O–H groups in total. The maximum Gasteiger partial charge on any atom is 0.241 e. The van der Waals surface area contributed by atoms with E-state index in [1.54, 1.807) is 18.2 Å². The smallest absolute Gasteiger partial charge is 0.241 e. The fraction of sp³-hybridized carbons (Fsp3) is 0.0909. The quantitative estimate of drug-likeness (QED) is 0.153. The van der Waals surface area contributed by atoms with Crippen LogP contribution < -0.4 is 5.43 Å². The minimum atomic E-state index is -0.188. The highest BCUT2D eigenvalue weighted by atomic mass is 127. The summed E-state index contributed by atoms with van der Waals surface area (Å²) in [5.74, 6) is -0.0856. The molecule has 4 aromatic rings. The summed E-state index contributed by atoms with van der Waals surface area (Å²) in [5.41, 5.74) is 5.29. The number of phenolic OH excluding ortho intramolecular Hbond substituents is 1. The van der Waals surface area contributed by atoms with Gasteiger partial charge in [0.15, 0.2) is 0 Å². The fourth-order valence-corrected chi connectivity index (χ4v) is 4.72. The first-order valence-electron chi connectivity index (χ1n) is 9.10. The van der Waals surface area contributed by atoms with Gasteiger partial charge in [-0.05, 0) is 99.8 Å². The molecule has 1 heterocycles. The molecule has 0 saturated carbocycles. The van der Waals surface area contributed by atoms with Gasteiger partial charge in [-0.2, -0.15) is 5.10 Å². The van der Waals surface area contributed by atoms with Crippen LogP contribution in [0.15, 0.2) is 64.2 Å². The standard InChI is InChI=1S/C22H16BrI2N3O2/c23-14-1-6-21(29)13(9-14)12-26-27-22(30)7-8-28-19-4-2-15(24)10-17(19)18-11-16(25)3-5-20(18)28/h1-6,9-12,29H,7-8H2,(H,27,30)/b26-12-. The third-order valence-electron chi connectivity index (χ3n) is 4.73. The first kappa shape index (κ1) is 21.6. The van der Waals surface area contributed by atoms with Gasteiger partial charge in [0.25, 0.3) is 0 Å². The Morgan fingerprint density at radius 3 is 2.30 bits per heavy atom. The molecule has 8 heteroatoms. The van der Waals surface area contributed by atoms with E-state index in [0.29, 0.717) is 18.5 Å². The normalized spacial score (nSPS) is 11.6. The van der Waals surface area contributed by atoms with Crippen molar-refractivity contribution in [1.29, 1.82) is 0 Å². The molecule has 0 bridgehead atoms. The van der Waals surface area contributed by atoms with Crippen LogP contribution in [0.1, 0.15) is 12.0 Å². The average molecular weight is 688 g/mol. The van der Waals surface area contributed by atoms with Crippen LogP contribution >= 0.6 is 61.1 Å². The molecule has 30 heavy (non-hydrogen) atoms. The van der Waals surface area contributed by atoms with Crippen molar-refractivity contribution in [1.82, 2.24) is 9.99 Å². The maximum absolute atomic E-state index is 12.3. The molecule has 1 aromatic heterocycles. The van der Waals surface area contributed by atoms with Crippen molar-refractivity contribution >= 4 is 95.0 Å². The highest BCUT2D eigenvalue weighted by Crippen LogP contribution is 2.31. The first-order valence-corrected chi connectivity index (χ1v) is 12.0. The third-order valence-corrected chi connectivity index (χ3v) is 6.57. The number of aryl methyl sites for hydroxylation is 1. The highest BCUT2D eigenvalue weighted by Gasteiger charge is 2.12. The van der Waals surface area contributed by atoms with Crippen LogP contribution in [0.25, 0.3) is 21.8 Å². The fourth-order valence-electron chi connectivity index (χ4n) is 3.36. The van der Waals surface area contributed by atoms with E-state index in [9.17, 15) is 9.90 Å². The number of fused-ring (bicyclic) bond motifs is 3. The molecule has 0 fully saturated rings. The molecule has 0 saturated heterocycles. The molecule has 0 aliphatic heterocycles. The average Bonchev–Trinajstić information content (AvgIpc) is 3.01. The molecule has 4 rings (SSSR count). The number of rotatable bonds is 5. The molecule has 5 nitrogen and oxygen atoms in total. The van der Waals surface area contributed by atoms with Crippen LogP contribution in [0.4, 0.5) is 0 Å². The summed E-state index contributed by atoms with van der Waals surface area (Å²) in [6, 6.07) is 17.8. The van der Waals surface area contributed by atoms with E-state index >= 15 is 0 Å². The summed E-state index contributed by atoms with van der Waals surface area (Å²) in [7, 11) is 0. The van der Waals surface area contributed by atoms with Crippen LogP contribution in [0.5, 0.6) is 5.75 Å². The summed E-state index contributed by atoms with van der Waals surface area (Å²) in [6.45, 7) is 0.546. The van der Waals surface area contributed by atoms with E-state index in [-0.39, 0.29) is 11.7 Å². The SMILES string of the molecule is O=C(CCn1c2ccc(I)cc2c2cc(I)ccc21)N/N=C\c1cc(Br)ccc1O. The van der Waals surface area contributed by atoms with E-state index in [0.717, 1.165) is 15.5 Å². The van der Waals surface area contributed by atoms with Crippen LogP contribution in [0, 0.1) is 7.14 Å². The molecule has 0 unspecified atom stereocenters. The van der Waals surface area contributed by atoms with Gasteiger partial charge in [0.05, 0.1) is 6.21 Å². The first-order chi connectivity index (χ1) is 14.4. The third kappa shape index (κ3) is 4.65. The number of halogens is 3. The Labute approximate surface area is 208 Å². The molecule has 0 radical (unpaired) electrons. The second-order valence-corrected chi connectivity index (χ2v) is 10.1. The number of nitrogens with zero attached hydrogens (tertiary/aromatic N) is 2. The number of amides is 1. The van der Waals surface area contributed by atoms with Gasteiger partial charge in [0, 0.05) is 51.9 Å². The minimum Gasteiger partial charge on any atom is -0.507 e. The predicted octanol–water partition coefficient (Wildman–Crippen LogP) is 6.01. The summed E-state index contributed by atoms with van der Waals surface area (Å²) in [5, 5.41) is 16.2. The summed E-state index contributed by atoms with van der Waals surface area (Å²) in [4.78, 5) is 12.3. The Morgan fingerprint density at radius 1 is 1.03 bits per heavy atom. The van der Waals surface area contributed by atoms with E-state index < -0.39 is 0 Å². The number of aromatic nitrogens is 1. The zero-order valence-corrected chi connectivity index (χ0v) is 21.5. The maximum atomic E-state index is 12.3. The van der Waals surface area contributed by atoms with E-state index in [2.05, 4.69) is 113 Å². The van der Waals surface area contributed by atoms with Gasteiger partial charge in [0.2, 0.25) is 5.91 Å².